The summed E-state index contributed by atoms with van der Waals surface area (Å²) in [7, 11) is 0. The van der Waals surface area contributed by atoms with Crippen LogP contribution in [-0.2, 0) is 28.5 Å². The highest BCUT2D eigenvalue weighted by Crippen LogP contribution is 2.38. The molecule has 3 aliphatic rings. The first-order valence-corrected chi connectivity index (χ1v) is 22.5. The normalized spacial score (nSPS) is 44.2. The molecule has 2 bridgehead atoms. The lowest BCUT2D eigenvalue weighted by atomic mass is 9.82. The van der Waals surface area contributed by atoms with Crippen molar-refractivity contribution in [2.45, 2.75) is 185 Å². The van der Waals surface area contributed by atoms with Gasteiger partial charge in [0.15, 0.2) is 12.1 Å². The molecule has 0 amide bonds. The Bertz CT molecular complexity index is 1620. The van der Waals surface area contributed by atoms with Crippen LogP contribution in [0.1, 0.15) is 99.8 Å². The van der Waals surface area contributed by atoms with Crippen LogP contribution in [0.3, 0.4) is 0 Å². The van der Waals surface area contributed by atoms with Gasteiger partial charge in [0.25, 0.3) is 0 Å². The van der Waals surface area contributed by atoms with Crippen LogP contribution in [-0.4, -0.2) is 148 Å². The Morgan fingerprint density at radius 1 is 0.646 bits per heavy atom. The maximum atomic E-state index is 12.6. The van der Waals surface area contributed by atoms with Crippen molar-refractivity contribution in [3.05, 3.63) is 85.1 Å². The zero-order chi connectivity index (χ0) is 47.6. The number of aliphatic carboxylic acids is 1. The molecule has 18 atom stereocenters. The number of carboxylic acid groups (broad SMARTS) is 1. The van der Waals surface area contributed by atoms with Crippen molar-refractivity contribution in [2.24, 2.45) is 23.7 Å². The van der Waals surface area contributed by atoms with Crippen LogP contribution in [0.5, 0.6) is 0 Å². The fourth-order valence-corrected chi connectivity index (χ4v) is 8.03. The number of hydrogen-bond acceptors (Lipinski definition) is 15. The minimum absolute atomic E-state index is 0. The van der Waals surface area contributed by atoms with Crippen molar-refractivity contribution in [3.8, 4) is 0 Å². The summed E-state index contributed by atoms with van der Waals surface area (Å²) < 4.78 is 23.6. The standard InChI is InChI=1S/C48H74O16.CH4/c1-29-18-16-14-12-10-8-6-7-9-11-13-15-17-19-37(63-47-40(54)22-30(2)32(4)62-47)26-42-44(46(58)59)41(55)28-48(60,64-42)27-36(51)24-39(53)38(52)21-20-34(49)23-35(50)25-43(56)61-33(5)31(3)45(29)57;/h6-19,29-42,44-45,47,49-55,57,60H,20-28H2,1-5H3,(H,58,59);1H4/b7-6+,10-8+,11-9+,14-12+,15-13+,18-16+,19-17+;/t29-,30?,31-,32?,33-,34+,35+,36-,37-,38+,39+,40?,41-,42?,44+,45+,47?,48+;/m0./s1. The van der Waals surface area contributed by atoms with Gasteiger partial charge in [-0.05, 0) is 45.4 Å². The zero-order valence-electron chi connectivity index (χ0n) is 37.7. The van der Waals surface area contributed by atoms with Gasteiger partial charge in [-0.2, -0.15) is 0 Å². The van der Waals surface area contributed by atoms with E-state index in [2.05, 4.69) is 0 Å². The molecule has 2 saturated heterocycles. The molecule has 5 unspecified atom stereocenters. The van der Waals surface area contributed by atoms with Crippen LogP contribution in [0.15, 0.2) is 85.1 Å². The molecule has 0 saturated carbocycles. The number of aliphatic hydroxyl groups is 9. The summed E-state index contributed by atoms with van der Waals surface area (Å²) in [6.45, 7) is 9.03. The number of cyclic esters (lactones) is 1. The lowest BCUT2D eigenvalue weighted by Gasteiger charge is -2.45. The number of rotatable bonds is 3. The predicted molar refractivity (Wildman–Crippen MR) is 244 cm³/mol. The second kappa shape index (κ2) is 28.7. The first kappa shape index (κ1) is 57.8. The molecule has 3 aliphatic heterocycles. The van der Waals surface area contributed by atoms with E-state index in [1.807, 2.05) is 63.3 Å². The van der Waals surface area contributed by atoms with Crippen LogP contribution >= 0.6 is 0 Å². The Balaban J connectivity index is 0.0000145. The molecule has 0 aromatic carbocycles. The fourth-order valence-electron chi connectivity index (χ4n) is 8.03. The number of ether oxygens (including phenoxy) is 4. The molecule has 0 radical (unpaired) electrons. The van der Waals surface area contributed by atoms with Gasteiger partial charge in [0, 0.05) is 37.5 Å². The minimum Gasteiger partial charge on any atom is -0.481 e. The number of esters is 1. The average molecular weight is 923 g/mol. The van der Waals surface area contributed by atoms with Crippen LogP contribution in [0.4, 0.5) is 0 Å². The number of allylic oxidation sites excluding steroid dienone is 12. The highest BCUT2D eigenvalue weighted by molar-refractivity contribution is 5.71. The third kappa shape index (κ3) is 20.2. The Labute approximate surface area is 384 Å². The van der Waals surface area contributed by atoms with Gasteiger partial charge in [0.1, 0.15) is 18.1 Å². The molecular formula is C49H78O16. The van der Waals surface area contributed by atoms with Crippen LogP contribution in [0.25, 0.3) is 0 Å². The summed E-state index contributed by atoms with van der Waals surface area (Å²) in [4.78, 5) is 25.1. The molecule has 0 aromatic rings. The molecule has 0 aromatic heterocycles. The van der Waals surface area contributed by atoms with Gasteiger partial charge in [-0.3, -0.25) is 9.59 Å². The summed E-state index contributed by atoms with van der Waals surface area (Å²) in [6, 6.07) is 0. The third-order valence-electron chi connectivity index (χ3n) is 12.2. The summed E-state index contributed by atoms with van der Waals surface area (Å²) in [6.07, 6.45) is 7.76. The average Bonchev–Trinajstić information content (AvgIpc) is 3.19. The SMILES string of the molecule is C.CC1CC(O)C(O[C@H]2/C=C/C=C/C=C/C=C/C=C/C=C/C=C/[C@H](C)[C@@H](O)[C@@H](C)[C@H](C)OC(=O)C[C@H](O)C[C@H](O)CC[C@@H](O)[C@H](O)C[C@H](O)C[C@]3(O)C[C@H](O)[C@@H](C(=O)O)C(C2)O3)OC1C. The minimum atomic E-state index is -2.27. The van der Waals surface area contributed by atoms with E-state index in [9.17, 15) is 60.7 Å². The van der Waals surface area contributed by atoms with Crippen LogP contribution < -0.4 is 0 Å². The van der Waals surface area contributed by atoms with E-state index in [4.69, 9.17) is 18.9 Å². The highest BCUT2D eigenvalue weighted by Gasteiger charge is 2.50. The fraction of sp³-hybridized carbons (Fsp3) is 0.673. The number of fused-ring (bicyclic) bond motifs is 2. The van der Waals surface area contributed by atoms with E-state index in [1.165, 1.54) is 0 Å². The largest absolute Gasteiger partial charge is 0.481 e. The molecule has 3 heterocycles. The van der Waals surface area contributed by atoms with E-state index in [1.54, 1.807) is 56.4 Å². The van der Waals surface area contributed by atoms with Crippen molar-refractivity contribution in [2.75, 3.05) is 0 Å². The third-order valence-corrected chi connectivity index (χ3v) is 12.2. The highest BCUT2D eigenvalue weighted by atomic mass is 16.7. The van der Waals surface area contributed by atoms with E-state index in [0.29, 0.717) is 6.42 Å². The maximum Gasteiger partial charge on any atom is 0.311 e. The number of carboxylic acids is 1. The van der Waals surface area contributed by atoms with E-state index < -0.39 is 129 Å². The Morgan fingerprint density at radius 2 is 1.22 bits per heavy atom. The second-order valence-electron chi connectivity index (χ2n) is 17.8. The topological polar surface area (TPSA) is 273 Å². The van der Waals surface area contributed by atoms with Gasteiger partial charge in [0.05, 0.1) is 67.5 Å². The quantitative estimate of drug-likeness (QED) is 0.181. The number of hydrogen-bond donors (Lipinski definition) is 10. The second-order valence-corrected chi connectivity index (χ2v) is 17.8. The monoisotopic (exact) mass is 923 g/mol. The van der Waals surface area contributed by atoms with Crippen LogP contribution in [0.2, 0.25) is 0 Å². The molecule has 10 N–H and O–H groups in total. The van der Waals surface area contributed by atoms with Gasteiger partial charge < -0.3 is 70.0 Å². The van der Waals surface area contributed by atoms with Crippen molar-refractivity contribution in [3.63, 3.8) is 0 Å². The van der Waals surface area contributed by atoms with E-state index in [0.717, 1.165) is 0 Å². The molecule has 2 fully saturated rings. The molecule has 65 heavy (non-hydrogen) atoms. The zero-order valence-corrected chi connectivity index (χ0v) is 37.7. The summed E-state index contributed by atoms with van der Waals surface area (Å²) in [5.74, 6) is -6.56. The lowest BCUT2D eigenvalue weighted by molar-refractivity contribution is -0.306. The van der Waals surface area contributed by atoms with Crippen molar-refractivity contribution in [1.29, 1.82) is 0 Å². The molecule has 16 nitrogen and oxygen atoms in total. The summed E-state index contributed by atoms with van der Waals surface area (Å²) >= 11 is 0. The molecule has 0 spiro atoms. The van der Waals surface area contributed by atoms with Crippen molar-refractivity contribution in [1.82, 2.24) is 0 Å². The van der Waals surface area contributed by atoms with Gasteiger partial charge in [0.2, 0.25) is 0 Å². The maximum absolute atomic E-state index is 12.6. The van der Waals surface area contributed by atoms with Crippen LogP contribution in [0, 0.1) is 23.7 Å². The van der Waals surface area contributed by atoms with Gasteiger partial charge in [-0.25, -0.2) is 0 Å². The van der Waals surface area contributed by atoms with Gasteiger partial charge >= 0.3 is 11.9 Å². The Kier molecular flexibility index (Phi) is 25.5. The number of aliphatic hydroxyl groups excluding tert-OH is 8. The van der Waals surface area contributed by atoms with Crippen molar-refractivity contribution < 1.29 is 79.6 Å². The number of carbonyl (C=O) groups is 2. The molecule has 0 aliphatic carbocycles. The molecular weight excluding hydrogens is 845 g/mol. The lowest BCUT2D eigenvalue weighted by Crippen LogP contribution is -2.56. The Hall–Kier alpha value is -3.36. The Morgan fingerprint density at radius 3 is 1.80 bits per heavy atom. The summed E-state index contributed by atoms with van der Waals surface area (Å²) in [5, 5.41) is 108. The van der Waals surface area contributed by atoms with Crippen molar-refractivity contribution >= 4 is 11.9 Å². The smallest absolute Gasteiger partial charge is 0.311 e. The first-order valence-electron chi connectivity index (χ1n) is 22.5. The van der Waals surface area contributed by atoms with E-state index in [-0.39, 0.29) is 51.0 Å². The molecule has 370 valence electrons. The van der Waals surface area contributed by atoms with E-state index >= 15 is 0 Å². The predicted octanol–water partition coefficient (Wildman–Crippen LogP) is 3.69. The van der Waals surface area contributed by atoms with Gasteiger partial charge in [-0.15, -0.1) is 0 Å². The number of carbonyl (C=O) groups excluding carboxylic acids is 1. The molecule has 3 rings (SSSR count). The first-order chi connectivity index (χ1) is 30.2. The van der Waals surface area contributed by atoms with Gasteiger partial charge in [-0.1, -0.05) is 113 Å². The molecule has 16 heteroatoms. The summed E-state index contributed by atoms with van der Waals surface area (Å²) in [5.41, 5.74) is 0.